The predicted octanol–water partition coefficient (Wildman–Crippen LogP) is 1.81. The van der Waals surface area contributed by atoms with Crippen molar-refractivity contribution in [2.45, 2.75) is 37.8 Å². The highest BCUT2D eigenvalue weighted by molar-refractivity contribution is 5.97. The molecule has 0 bridgehead atoms. The second-order valence-corrected chi connectivity index (χ2v) is 6.06. The van der Waals surface area contributed by atoms with Gasteiger partial charge in [0.1, 0.15) is 5.75 Å². The topological polar surface area (TPSA) is 64.8 Å². The molecule has 1 saturated carbocycles. The number of nitrogens with zero attached hydrogens (tertiary/aromatic N) is 1. The lowest BCUT2D eigenvalue weighted by atomic mass is 9.93. The van der Waals surface area contributed by atoms with E-state index in [1.807, 2.05) is 29.2 Å². The minimum Gasteiger partial charge on any atom is -0.490 e. The molecule has 1 amide bonds. The molecule has 5 nitrogen and oxygen atoms in total. The van der Waals surface area contributed by atoms with Crippen LogP contribution in [-0.2, 0) is 4.74 Å². The van der Waals surface area contributed by atoms with E-state index >= 15 is 0 Å². The molecule has 2 N–H and O–H groups in total. The molecule has 120 valence electrons. The minimum atomic E-state index is 0.0337. The van der Waals surface area contributed by atoms with Gasteiger partial charge in [0.15, 0.2) is 0 Å². The van der Waals surface area contributed by atoms with Crippen molar-refractivity contribution in [3.05, 3.63) is 29.8 Å². The van der Waals surface area contributed by atoms with E-state index in [2.05, 4.69) is 0 Å². The Labute approximate surface area is 131 Å². The van der Waals surface area contributed by atoms with E-state index in [1.54, 1.807) is 0 Å². The molecule has 5 heteroatoms. The molecule has 2 fully saturated rings. The van der Waals surface area contributed by atoms with Crippen molar-refractivity contribution < 1.29 is 14.3 Å². The van der Waals surface area contributed by atoms with Crippen molar-refractivity contribution in [3.8, 4) is 5.75 Å². The molecular weight excluding hydrogens is 280 g/mol. The number of hydrogen-bond acceptors (Lipinski definition) is 4. The van der Waals surface area contributed by atoms with Crippen LogP contribution >= 0.6 is 0 Å². The second kappa shape index (κ2) is 7.11. The van der Waals surface area contributed by atoms with Gasteiger partial charge in [-0.3, -0.25) is 4.79 Å². The summed E-state index contributed by atoms with van der Waals surface area (Å²) in [7, 11) is 0. The molecule has 2 aliphatic rings. The summed E-state index contributed by atoms with van der Waals surface area (Å²) < 4.78 is 11.4. The van der Waals surface area contributed by atoms with Gasteiger partial charge < -0.3 is 20.1 Å². The number of rotatable bonds is 3. The summed E-state index contributed by atoms with van der Waals surface area (Å²) in [5, 5.41) is 0. The minimum absolute atomic E-state index is 0.0337. The molecule has 1 aliphatic carbocycles. The van der Waals surface area contributed by atoms with Crippen molar-refractivity contribution in [1.82, 2.24) is 4.90 Å². The average molecular weight is 304 g/mol. The number of nitrogens with two attached hydrogens (primary N) is 1. The third kappa shape index (κ3) is 3.59. The van der Waals surface area contributed by atoms with Crippen molar-refractivity contribution in [3.63, 3.8) is 0 Å². The molecule has 1 aromatic rings. The molecule has 1 heterocycles. The van der Waals surface area contributed by atoms with Crippen molar-refractivity contribution in [1.29, 1.82) is 0 Å². The first kappa shape index (κ1) is 15.3. The summed E-state index contributed by atoms with van der Waals surface area (Å²) >= 11 is 0. The molecule has 22 heavy (non-hydrogen) atoms. The Hall–Kier alpha value is -1.59. The fourth-order valence-electron chi connectivity index (χ4n) is 3.07. The van der Waals surface area contributed by atoms with Gasteiger partial charge in [0.05, 0.1) is 24.9 Å². The highest BCUT2D eigenvalue weighted by atomic mass is 16.5. The van der Waals surface area contributed by atoms with Crippen LogP contribution in [0.1, 0.15) is 36.0 Å². The summed E-state index contributed by atoms with van der Waals surface area (Å²) in [6.45, 7) is 2.50. The Morgan fingerprint density at radius 2 is 1.82 bits per heavy atom. The molecule has 0 radical (unpaired) electrons. The normalized spacial score (nSPS) is 25.8. The van der Waals surface area contributed by atoms with Gasteiger partial charge in [-0.25, -0.2) is 0 Å². The van der Waals surface area contributed by atoms with Crippen molar-refractivity contribution >= 4 is 5.91 Å². The number of amides is 1. The van der Waals surface area contributed by atoms with Crippen molar-refractivity contribution in [2.24, 2.45) is 5.73 Å². The Morgan fingerprint density at radius 1 is 1.14 bits per heavy atom. The lowest BCUT2D eigenvalue weighted by Crippen LogP contribution is -2.41. The summed E-state index contributed by atoms with van der Waals surface area (Å²) in [5.41, 5.74) is 6.59. The highest BCUT2D eigenvalue weighted by Gasteiger charge is 2.24. The van der Waals surface area contributed by atoms with Crippen LogP contribution < -0.4 is 10.5 Å². The third-order valence-corrected chi connectivity index (χ3v) is 4.43. The Morgan fingerprint density at radius 3 is 2.55 bits per heavy atom. The SMILES string of the molecule is NC1CCC(Oc2ccccc2C(=O)N2CCOCC2)CC1. The molecule has 3 rings (SSSR count). The van der Waals surface area contributed by atoms with Gasteiger partial charge in [0, 0.05) is 19.1 Å². The molecule has 0 aromatic heterocycles. The zero-order valence-corrected chi connectivity index (χ0v) is 12.9. The maximum atomic E-state index is 12.7. The monoisotopic (exact) mass is 304 g/mol. The molecule has 1 aromatic carbocycles. The molecular formula is C17H24N2O3. The summed E-state index contributed by atoms with van der Waals surface area (Å²) in [5.74, 6) is 0.728. The molecule has 0 unspecified atom stereocenters. The van der Waals surface area contributed by atoms with Gasteiger partial charge in [-0.15, -0.1) is 0 Å². The van der Waals surface area contributed by atoms with Crippen molar-refractivity contribution in [2.75, 3.05) is 26.3 Å². The molecule has 1 aliphatic heterocycles. The Kier molecular flexibility index (Phi) is 4.95. The van der Waals surface area contributed by atoms with Crippen LogP contribution in [0.15, 0.2) is 24.3 Å². The van der Waals surface area contributed by atoms with Gasteiger partial charge in [0.25, 0.3) is 5.91 Å². The first-order chi connectivity index (χ1) is 10.7. The zero-order valence-electron chi connectivity index (χ0n) is 12.9. The predicted molar refractivity (Wildman–Crippen MR) is 84.0 cm³/mol. The molecule has 1 saturated heterocycles. The fraction of sp³-hybridized carbons (Fsp3) is 0.588. The second-order valence-electron chi connectivity index (χ2n) is 6.06. The van der Waals surface area contributed by atoms with Gasteiger partial charge in [-0.1, -0.05) is 12.1 Å². The lowest BCUT2D eigenvalue weighted by molar-refractivity contribution is 0.0298. The number of para-hydroxylation sites is 1. The van der Waals surface area contributed by atoms with E-state index in [-0.39, 0.29) is 12.0 Å². The van der Waals surface area contributed by atoms with E-state index in [0.717, 1.165) is 25.7 Å². The average Bonchev–Trinajstić information content (AvgIpc) is 2.58. The standard InChI is InChI=1S/C17H24N2O3/c18-13-5-7-14(8-6-13)22-16-4-2-1-3-15(16)17(20)19-9-11-21-12-10-19/h1-4,13-14H,5-12,18H2. The quantitative estimate of drug-likeness (QED) is 0.925. The number of carbonyl (C=O) groups excluding carboxylic acids is 1. The van der Waals surface area contributed by atoms with Crippen LogP contribution in [0.2, 0.25) is 0 Å². The summed E-state index contributed by atoms with van der Waals surface area (Å²) in [6, 6.07) is 7.84. The van der Waals surface area contributed by atoms with Gasteiger partial charge in [-0.2, -0.15) is 0 Å². The largest absolute Gasteiger partial charge is 0.490 e. The van der Waals surface area contributed by atoms with Crippen LogP contribution in [0.4, 0.5) is 0 Å². The number of morpholine rings is 1. The maximum Gasteiger partial charge on any atom is 0.257 e. The van der Waals surface area contributed by atoms with E-state index in [1.165, 1.54) is 0 Å². The van der Waals surface area contributed by atoms with E-state index in [0.29, 0.717) is 43.7 Å². The van der Waals surface area contributed by atoms with E-state index in [4.69, 9.17) is 15.2 Å². The van der Waals surface area contributed by atoms with Crippen LogP contribution in [-0.4, -0.2) is 49.3 Å². The van der Waals surface area contributed by atoms with E-state index < -0.39 is 0 Å². The Bertz CT molecular complexity index is 506. The van der Waals surface area contributed by atoms with Gasteiger partial charge in [0.2, 0.25) is 0 Å². The number of carbonyl (C=O) groups is 1. The van der Waals surface area contributed by atoms with Gasteiger partial charge >= 0.3 is 0 Å². The first-order valence-corrected chi connectivity index (χ1v) is 8.12. The first-order valence-electron chi connectivity index (χ1n) is 8.12. The third-order valence-electron chi connectivity index (χ3n) is 4.43. The van der Waals surface area contributed by atoms with Crippen LogP contribution in [0.25, 0.3) is 0 Å². The van der Waals surface area contributed by atoms with Crippen LogP contribution in [0.3, 0.4) is 0 Å². The molecule has 0 spiro atoms. The Balaban J connectivity index is 1.70. The van der Waals surface area contributed by atoms with Crippen LogP contribution in [0.5, 0.6) is 5.75 Å². The molecule has 0 atom stereocenters. The zero-order chi connectivity index (χ0) is 15.4. The maximum absolute atomic E-state index is 12.7. The number of ether oxygens (including phenoxy) is 2. The fourth-order valence-corrected chi connectivity index (χ4v) is 3.07. The summed E-state index contributed by atoms with van der Waals surface area (Å²) in [4.78, 5) is 14.5. The highest BCUT2D eigenvalue weighted by Crippen LogP contribution is 2.26. The van der Waals surface area contributed by atoms with Crippen LogP contribution in [0, 0.1) is 0 Å². The summed E-state index contributed by atoms with van der Waals surface area (Å²) in [6.07, 6.45) is 4.07. The number of hydrogen-bond donors (Lipinski definition) is 1. The van der Waals surface area contributed by atoms with Gasteiger partial charge in [-0.05, 0) is 37.8 Å². The lowest BCUT2D eigenvalue weighted by Gasteiger charge is -2.29. The van der Waals surface area contributed by atoms with E-state index in [9.17, 15) is 4.79 Å². The smallest absolute Gasteiger partial charge is 0.257 e. The number of benzene rings is 1.